The number of fused-ring (bicyclic) bond motifs is 1. The summed E-state index contributed by atoms with van der Waals surface area (Å²) in [5.41, 5.74) is 1.11. The van der Waals surface area contributed by atoms with Gasteiger partial charge in [-0.2, -0.15) is 0 Å². The standard InChI is InChI=1S/C17H18N4O2/c22-16(15-12-13-4-1-2-5-14(13)23-15)20-8-10-21(11-9-20)17-18-6-3-7-19-17/h1-7,15H,8-12H2/t15-/m0/s1. The van der Waals surface area contributed by atoms with Crippen molar-refractivity contribution in [2.24, 2.45) is 0 Å². The second-order valence-corrected chi connectivity index (χ2v) is 5.78. The van der Waals surface area contributed by atoms with E-state index in [1.54, 1.807) is 18.5 Å². The summed E-state index contributed by atoms with van der Waals surface area (Å²) in [6.07, 6.45) is 3.76. The highest BCUT2D eigenvalue weighted by Crippen LogP contribution is 2.29. The van der Waals surface area contributed by atoms with Crippen molar-refractivity contribution in [1.82, 2.24) is 14.9 Å². The molecule has 1 fully saturated rings. The lowest BCUT2D eigenvalue weighted by Gasteiger charge is -2.35. The van der Waals surface area contributed by atoms with Gasteiger partial charge >= 0.3 is 0 Å². The Morgan fingerprint density at radius 1 is 1.04 bits per heavy atom. The van der Waals surface area contributed by atoms with Crippen molar-refractivity contribution in [2.45, 2.75) is 12.5 Å². The number of aromatic nitrogens is 2. The van der Waals surface area contributed by atoms with Crippen LogP contribution in [-0.4, -0.2) is 53.1 Å². The number of ether oxygens (including phenoxy) is 1. The van der Waals surface area contributed by atoms with Crippen molar-refractivity contribution < 1.29 is 9.53 Å². The van der Waals surface area contributed by atoms with Crippen molar-refractivity contribution in [3.8, 4) is 5.75 Å². The second kappa shape index (κ2) is 5.87. The van der Waals surface area contributed by atoms with E-state index >= 15 is 0 Å². The maximum absolute atomic E-state index is 12.7. The minimum absolute atomic E-state index is 0.0785. The van der Waals surface area contributed by atoms with E-state index in [-0.39, 0.29) is 12.0 Å². The highest BCUT2D eigenvalue weighted by molar-refractivity contribution is 5.83. The van der Waals surface area contributed by atoms with E-state index in [2.05, 4.69) is 14.9 Å². The lowest BCUT2D eigenvalue weighted by atomic mass is 10.1. The molecule has 1 amide bonds. The third-order valence-corrected chi connectivity index (χ3v) is 4.35. The molecule has 0 radical (unpaired) electrons. The van der Waals surface area contributed by atoms with Gasteiger partial charge in [0.15, 0.2) is 6.10 Å². The Labute approximate surface area is 134 Å². The minimum atomic E-state index is -0.382. The third kappa shape index (κ3) is 2.72. The number of nitrogens with zero attached hydrogens (tertiary/aromatic N) is 4. The summed E-state index contributed by atoms with van der Waals surface area (Å²) in [6.45, 7) is 2.84. The van der Waals surface area contributed by atoms with Gasteiger partial charge in [0.1, 0.15) is 5.75 Å². The molecule has 118 valence electrons. The number of para-hydroxylation sites is 1. The summed E-state index contributed by atoms with van der Waals surface area (Å²) in [5, 5.41) is 0. The Bertz CT molecular complexity index is 674. The van der Waals surface area contributed by atoms with Crippen LogP contribution in [0.2, 0.25) is 0 Å². The predicted molar refractivity (Wildman–Crippen MR) is 85.4 cm³/mol. The molecule has 1 saturated heterocycles. The number of benzene rings is 1. The molecule has 2 aliphatic rings. The highest BCUT2D eigenvalue weighted by Gasteiger charge is 2.33. The molecule has 23 heavy (non-hydrogen) atoms. The van der Waals surface area contributed by atoms with Gasteiger partial charge in [-0.1, -0.05) is 18.2 Å². The van der Waals surface area contributed by atoms with Crippen molar-refractivity contribution in [3.63, 3.8) is 0 Å². The normalized spacial score (nSPS) is 20.1. The smallest absolute Gasteiger partial charge is 0.264 e. The molecule has 6 heteroatoms. The number of rotatable bonds is 2. The number of carbonyl (C=O) groups excluding carboxylic acids is 1. The average Bonchev–Trinajstić information content (AvgIpc) is 3.06. The van der Waals surface area contributed by atoms with E-state index in [1.165, 1.54) is 0 Å². The van der Waals surface area contributed by atoms with Crippen LogP contribution in [0.15, 0.2) is 42.7 Å². The Morgan fingerprint density at radius 2 is 1.78 bits per heavy atom. The van der Waals surface area contributed by atoms with E-state index in [4.69, 9.17) is 4.74 Å². The van der Waals surface area contributed by atoms with Crippen LogP contribution < -0.4 is 9.64 Å². The fourth-order valence-corrected chi connectivity index (χ4v) is 3.10. The number of hydrogen-bond acceptors (Lipinski definition) is 5. The Hall–Kier alpha value is -2.63. The molecule has 6 nitrogen and oxygen atoms in total. The number of carbonyl (C=O) groups is 1. The first-order valence-corrected chi connectivity index (χ1v) is 7.86. The first-order chi connectivity index (χ1) is 11.3. The molecule has 0 saturated carbocycles. The second-order valence-electron chi connectivity index (χ2n) is 5.78. The number of amides is 1. The van der Waals surface area contributed by atoms with Crippen LogP contribution in [0, 0.1) is 0 Å². The van der Waals surface area contributed by atoms with Gasteiger partial charge in [0, 0.05) is 45.0 Å². The van der Waals surface area contributed by atoms with Crippen LogP contribution in [0.3, 0.4) is 0 Å². The predicted octanol–water partition coefficient (Wildman–Crippen LogP) is 1.13. The lowest BCUT2D eigenvalue weighted by Crippen LogP contribution is -2.52. The van der Waals surface area contributed by atoms with Crippen LogP contribution >= 0.6 is 0 Å². The first-order valence-electron chi connectivity index (χ1n) is 7.86. The number of hydrogen-bond donors (Lipinski definition) is 0. The molecular formula is C17H18N4O2. The van der Waals surface area contributed by atoms with Gasteiger partial charge in [-0.05, 0) is 17.7 Å². The molecule has 1 aromatic carbocycles. The molecular weight excluding hydrogens is 292 g/mol. The summed E-state index contributed by atoms with van der Waals surface area (Å²) in [7, 11) is 0. The maximum atomic E-state index is 12.7. The Balaban J connectivity index is 1.37. The zero-order chi connectivity index (χ0) is 15.6. The maximum Gasteiger partial charge on any atom is 0.264 e. The van der Waals surface area contributed by atoms with Crippen LogP contribution in [-0.2, 0) is 11.2 Å². The zero-order valence-electron chi connectivity index (χ0n) is 12.8. The van der Waals surface area contributed by atoms with Gasteiger partial charge in [-0.15, -0.1) is 0 Å². The van der Waals surface area contributed by atoms with Gasteiger partial charge in [0.05, 0.1) is 0 Å². The molecule has 2 aromatic rings. The average molecular weight is 310 g/mol. The highest BCUT2D eigenvalue weighted by atomic mass is 16.5. The Morgan fingerprint density at radius 3 is 2.52 bits per heavy atom. The first kappa shape index (κ1) is 14.0. The van der Waals surface area contributed by atoms with Gasteiger partial charge in [0.25, 0.3) is 5.91 Å². The van der Waals surface area contributed by atoms with Crippen molar-refractivity contribution in [3.05, 3.63) is 48.3 Å². The van der Waals surface area contributed by atoms with Crippen LogP contribution in [0.4, 0.5) is 5.95 Å². The molecule has 3 heterocycles. The van der Waals surface area contributed by atoms with E-state index in [9.17, 15) is 4.79 Å². The summed E-state index contributed by atoms with van der Waals surface area (Å²) < 4.78 is 5.80. The van der Waals surface area contributed by atoms with Gasteiger partial charge in [0.2, 0.25) is 5.95 Å². The van der Waals surface area contributed by atoms with Crippen LogP contribution in [0.1, 0.15) is 5.56 Å². The van der Waals surface area contributed by atoms with Crippen LogP contribution in [0.5, 0.6) is 5.75 Å². The topological polar surface area (TPSA) is 58.6 Å². The molecule has 0 spiro atoms. The van der Waals surface area contributed by atoms with Gasteiger partial charge in [-0.25, -0.2) is 9.97 Å². The molecule has 1 atom stereocenters. The van der Waals surface area contributed by atoms with E-state index in [0.717, 1.165) is 30.4 Å². The van der Waals surface area contributed by atoms with Gasteiger partial charge in [-0.3, -0.25) is 4.79 Å². The Kier molecular flexibility index (Phi) is 3.57. The number of anilines is 1. The minimum Gasteiger partial charge on any atom is -0.480 e. The largest absolute Gasteiger partial charge is 0.480 e. The summed E-state index contributed by atoms with van der Waals surface area (Å²) in [6, 6.07) is 9.66. The van der Waals surface area contributed by atoms with E-state index in [1.807, 2.05) is 29.2 Å². The SMILES string of the molecule is O=C([C@@H]1Cc2ccccc2O1)N1CCN(c2ncccn2)CC1. The van der Waals surface area contributed by atoms with E-state index in [0.29, 0.717) is 19.5 Å². The fourth-order valence-electron chi connectivity index (χ4n) is 3.10. The molecule has 2 aliphatic heterocycles. The molecule has 4 rings (SSSR count). The summed E-state index contributed by atoms with van der Waals surface area (Å²) in [5.74, 6) is 1.64. The molecule has 0 unspecified atom stereocenters. The molecule has 0 bridgehead atoms. The third-order valence-electron chi connectivity index (χ3n) is 4.35. The summed E-state index contributed by atoms with van der Waals surface area (Å²) in [4.78, 5) is 25.2. The van der Waals surface area contributed by atoms with E-state index < -0.39 is 0 Å². The number of piperazine rings is 1. The zero-order valence-corrected chi connectivity index (χ0v) is 12.8. The quantitative estimate of drug-likeness (QED) is 0.832. The summed E-state index contributed by atoms with van der Waals surface area (Å²) >= 11 is 0. The van der Waals surface area contributed by atoms with Crippen LogP contribution in [0.25, 0.3) is 0 Å². The lowest BCUT2D eigenvalue weighted by molar-refractivity contribution is -0.138. The molecule has 1 aromatic heterocycles. The fraction of sp³-hybridized carbons (Fsp3) is 0.353. The van der Waals surface area contributed by atoms with Crippen molar-refractivity contribution in [1.29, 1.82) is 0 Å². The molecule has 0 aliphatic carbocycles. The monoisotopic (exact) mass is 310 g/mol. The van der Waals surface area contributed by atoms with Gasteiger partial charge < -0.3 is 14.5 Å². The van der Waals surface area contributed by atoms with Crippen molar-refractivity contribution in [2.75, 3.05) is 31.1 Å². The van der Waals surface area contributed by atoms with Crippen molar-refractivity contribution >= 4 is 11.9 Å². The molecule has 0 N–H and O–H groups in total.